The first-order valence-corrected chi connectivity index (χ1v) is 9.85. The van der Waals surface area contributed by atoms with Crippen LogP contribution in [0.25, 0.3) is 0 Å². The van der Waals surface area contributed by atoms with Crippen molar-refractivity contribution >= 4 is 15.7 Å². The van der Waals surface area contributed by atoms with Crippen molar-refractivity contribution in [2.24, 2.45) is 5.92 Å². The second-order valence-electron chi connectivity index (χ2n) is 6.00. The first-order valence-electron chi connectivity index (χ1n) is 8.03. The number of amides is 1. The minimum Gasteiger partial charge on any atom is -0.468 e. The van der Waals surface area contributed by atoms with E-state index in [9.17, 15) is 13.2 Å². The Balaban J connectivity index is 2.66. The third kappa shape index (κ3) is 6.74. The first-order chi connectivity index (χ1) is 10.8. The average molecular weight is 344 g/mol. The van der Waals surface area contributed by atoms with E-state index in [0.717, 1.165) is 18.8 Å². The van der Waals surface area contributed by atoms with E-state index in [-0.39, 0.29) is 17.7 Å². The molecule has 0 aliphatic carbocycles. The third-order valence-corrected chi connectivity index (χ3v) is 5.43. The molecule has 1 N–H and O–H groups in total. The molecule has 0 aliphatic rings. The molecule has 0 saturated carbocycles. The number of carbonyl (C=O) groups excluding carboxylic acids is 1. The molecule has 6 nitrogen and oxygen atoms in total. The van der Waals surface area contributed by atoms with Crippen LogP contribution in [0.3, 0.4) is 0 Å². The summed E-state index contributed by atoms with van der Waals surface area (Å²) in [6, 6.07) is 3.57. The normalized spacial score (nSPS) is 13.5. The second kappa shape index (κ2) is 9.08. The van der Waals surface area contributed by atoms with Crippen molar-refractivity contribution in [3.05, 3.63) is 24.2 Å². The van der Waals surface area contributed by atoms with Gasteiger partial charge in [-0.25, -0.2) is 8.42 Å². The van der Waals surface area contributed by atoms with E-state index in [1.165, 1.54) is 0 Å². The zero-order valence-corrected chi connectivity index (χ0v) is 15.2. The second-order valence-corrected chi connectivity index (χ2v) is 8.11. The van der Waals surface area contributed by atoms with Gasteiger partial charge in [0, 0.05) is 6.54 Å². The van der Waals surface area contributed by atoms with Crippen molar-refractivity contribution in [3.63, 3.8) is 0 Å². The fourth-order valence-corrected chi connectivity index (χ4v) is 4.22. The topological polar surface area (TPSA) is 79.6 Å². The Morgan fingerprint density at radius 1 is 1.30 bits per heavy atom. The van der Waals surface area contributed by atoms with Crippen LogP contribution in [0.2, 0.25) is 0 Å². The summed E-state index contributed by atoms with van der Waals surface area (Å²) in [5, 5.41) is 2.73. The zero-order chi connectivity index (χ0) is 17.5. The molecular formula is C16H28N2O4S. The van der Waals surface area contributed by atoms with Crippen LogP contribution < -0.4 is 5.32 Å². The summed E-state index contributed by atoms with van der Waals surface area (Å²) < 4.78 is 29.2. The third-order valence-electron chi connectivity index (χ3n) is 3.56. The van der Waals surface area contributed by atoms with Crippen molar-refractivity contribution in [2.75, 3.05) is 31.1 Å². The molecule has 7 heteroatoms. The number of nitrogens with one attached hydrogen (secondary N) is 1. The first kappa shape index (κ1) is 19.7. The van der Waals surface area contributed by atoms with E-state index in [4.69, 9.17) is 4.42 Å². The minimum atomic E-state index is -3.36. The average Bonchev–Trinajstić information content (AvgIpc) is 2.95. The van der Waals surface area contributed by atoms with E-state index < -0.39 is 21.5 Å². The van der Waals surface area contributed by atoms with E-state index in [0.29, 0.717) is 6.54 Å². The molecule has 132 valence electrons. The van der Waals surface area contributed by atoms with Crippen LogP contribution in [0.4, 0.5) is 0 Å². The quantitative estimate of drug-likeness (QED) is 0.701. The highest BCUT2D eigenvalue weighted by Crippen LogP contribution is 2.20. The molecule has 1 rings (SSSR count). The van der Waals surface area contributed by atoms with Crippen molar-refractivity contribution in [3.8, 4) is 0 Å². The largest absolute Gasteiger partial charge is 0.468 e. The number of rotatable bonds is 10. The molecule has 1 atom stereocenters. The highest BCUT2D eigenvalue weighted by Gasteiger charge is 2.23. The SMILES string of the molecule is CCN(CC)[C@H](CNC(=O)CS(=O)(=O)CC(C)C)c1ccco1. The van der Waals surface area contributed by atoms with Crippen LogP contribution in [0.1, 0.15) is 39.5 Å². The van der Waals surface area contributed by atoms with Crippen molar-refractivity contribution < 1.29 is 17.6 Å². The Hall–Kier alpha value is -1.34. The highest BCUT2D eigenvalue weighted by atomic mass is 32.2. The van der Waals surface area contributed by atoms with Gasteiger partial charge in [-0.05, 0) is 31.1 Å². The molecule has 0 aromatic carbocycles. The molecule has 1 aromatic rings. The van der Waals surface area contributed by atoms with Gasteiger partial charge in [-0.2, -0.15) is 0 Å². The Morgan fingerprint density at radius 2 is 1.96 bits per heavy atom. The van der Waals surface area contributed by atoms with Gasteiger partial charge in [-0.15, -0.1) is 0 Å². The molecule has 1 aromatic heterocycles. The summed E-state index contributed by atoms with van der Waals surface area (Å²) >= 11 is 0. The summed E-state index contributed by atoms with van der Waals surface area (Å²) in [6.45, 7) is 9.66. The van der Waals surface area contributed by atoms with Gasteiger partial charge in [0.2, 0.25) is 5.91 Å². The van der Waals surface area contributed by atoms with Crippen LogP contribution in [-0.2, 0) is 14.6 Å². The summed E-state index contributed by atoms with van der Waals surface area (Å²) in [5.41, 5.74) is 0. The van der Waals surface area contributed by atoms with Crippen LogP contribution in [0.15, 0.2) is 22.8 Å². The highest BCUT2D eigenvalue weighted by molar-refractivity contribution is 7.92. The van der Waals surface area contributed by atoms with Gasteiger partial charge in [0.25, 0.3) is 0 Å². The Labute approximate surface area is 139 Å². The number of hydrogen-bond donors (Lipinski definition) is 1. The summed E-state index contributed by atoms with van der Waals surface area (Å²) in [4.78, 5) is 14.1. The lowest BCUT2D eigenvalue weighted by molar-refractivity contribution is -0.118. The maximum absolute atomic E-state index is 12.0. The van der Waals surface area contributed by atoms with E-state index in [1.807, 2.05) is 33.8 Å². The summed E-state index contributed by atoms with van der Waals surface area (Å²) in [5.74, 6) is -0.125. The summed E-state index contributed by atoms with van der Waals surface area (Å²) in [7, 11) is -3.36. The Kier molecular flexibility index (Phi) is 7.78. The van der Waals surface area contributed by atoms with Gasteiger partial charge < -0.3 is 9.73 Å². The lowest BCUT2D eigenvalue weighted by Gasteiger charge is -2.28. The van der Waals surface area contributed by atoms with Gasteiger partial charge in [0.05, 0.1) is 18.1 Å². The molecule has 0 fully saturated rings. The number of carbonyl (C=O) groups is 1. The smallest absolute Gasteiger partial charge is 0.235 e. The Bertz CT molecular complexity index is 563. The molecule has 23 heavy (non-hydrogen) atoms. The molecule has 0 radical (unpaired) electrons. The van der Waals surface area contributed by atoms with Crippen LogP contribution in [0, 0.1) is 5.92 Å². The summed E-state index contributed by atoms with van der Waals surface area (Å²) in [6.07, 6.45) is 1.60. The maximum Gasteiger partial charge on any atom is 0.235 e. The van der Waals surface area contributed by atoms with Gasteiger partial charge >= 0.3 is 0 Å². The zero-order valence-electron chi connectivity index (χ0n) is 14.4. The fraction of sp³-hybridized carbons (Fsp3) is 0.688. The van der Waals surface area contributed by atoms with Gasteiger partial charge in [0.15, 0.2) is 9.84 Å². The van der Waals surface area contributed by atoms with Crippen LogP contribution >= 0.6 is 0 Å². The van der Waals surface area contributed by atoms with Gasteiger partial charge in [-0.3, -0.25) is 9.69 Å². The number of hydrogen-bond acceptors (Lipinski definition) is 5. The van der Waals surface area contributed by atoms with Crippen molar-refractivity contribution in [2.45, 2.75) is 33.7 Å². The van der Waals surface area contributed by atoms with E-state index in [2.05, 4.69) is 10.2 Å². The van der Waals surface area contributed by atoms with Gasteiger partial charge in [0.1, 0.15) is 11.5 Å². The van der Waals surface area contributed by atoms with Crippen molar-refractivity contribution in [1.29, 1.82) is 0 Å². The number of sulfone groups is 1. The lowest BCUT2D eigenvalue weighted by Crippen LogP contribution is -2.40. The van der Waals surface area contributed by atoms with Crippen LogP contribution in [0.5, 0.6) is 0 Å². The maximum atomic E-state index is 12.0. The predicted molar refractivity (Wildman–Crippen MR) is 90.9 cm³/mol. The van der Waals surface area contributed by atoms with Crippen LogP contribution in [-0.4, -0.2) is 50.4 Å². The number of furan rings is 1. The molecule has 0 aliphatic heterocycles. The van der Waals surface area contributed by atoms with E-state index in [1.54, 1.807) is 12.3 Å². The molecule has 0 unspecified atom stereocenters. The van der Waals surface area contributed by atoms with Gasteiger partial charge in [-0.1, -0.05) is 27.7 Å². The molecular weight excluding hydrogens is 316 g/mol. The number of likely N-dealkylation sites (N-methyl/N-ethyl adjacent to an activating group) is 1. The molecule has 0 saturated heterocycles. The molecule has 1 amide bonds. The minimum absolute atomic E-state index is 0.0133. The number of nitrogens with zero attached hydrogens (tertiary/aromatic N) is 1. The molecule has 0 spiro atoms. The predicted octanol–water partition coefficient (Wildman–Crippen LogP) is 1.85. The standard InChI is InChI=1S/C16H28N2O4S/c1-5-18(6-2)14(15-8-7-9-22-15)10-17-16(19)12-23(20,21)11-13(3)4/h7-9,13-14H,5-6,10-12H2,1-4H3,(H,17,19)/t14-/m1/s1. The van der Waals surface area contributed by atoms with Crippen molar-refractivity contribution in [1.82, 2.24) is 10.2 Å². The molecule has 1 heterocycles. The lowest BCUT2D eigenvalue weighted by atomic mass is 10.2. The van der Waals surface area contributed by atoms with E-state index >= 15 is 0 Å². The monoisotopic (exact) mass is 344 g/mol. The molecule has 0 bridgehead atoms. The fourth-order valence-electron chi connectivity index (χ4n) is 2.58. The Morgan fingerprint density at radius 3 is 2.43 bits per heavy atom.